The molecule has 1 fully saturated rings. The molecule has 1 N–H and O–H groups in total. The van der Waals surface area contributed by atoms with Crippen molar-refractivity contribution in [1.82, 2.24) is 0 Å². The number of amides is 1. The van der Waals surface area contributed by atoms with E-state index in [1.54, 1.807) is 36.4 Å². The second-order valence-electron chi connectivity index (χ2n) is 9.11. The Labute approximate surface area is 204 Å². The molecule has 0 bridgehead atoms. The van der Waals surface area contributed by atoms with Gasteiger partial charge in [0.2, 0.25) is 0 Å². The predicted octanol–water partition coefficient (Wildman–Crippen LogP) is 6.16. The Bertz CT molecular complexity index is 1360. The van der Waals surface area contributed by atoms with Crippen LogP contribution < -0.4 is 9.64 Å². The number of nitrogens with zero attached hydrogens (tertiary/aromatic N) is 1. The van der Waals surface area contributed by atoms with Crippen LogP contribution in [0.25, 0.3) is 5.76 Å². The van der Waals surface area contributed by atoms with Gasteiger partial charge in [0.25, 0.3) is 11.7 Å². The third-order valence-corrected chi connectivity index (χ3v) is 6.22. The summed E-state index contributed by atoms with van der Waals surface area (Å²) in [5.74, 6) is -1.97. The molecule has 0 aromatic heterocycles. The van der Waals surface area contributed by atoms with Gasteiger partial charge in [0.1, 0.15) is 17.3 Å². The molecule has 1 saturated heterocycles. The van der Waals surface area contributed by atoms with Gasteiger partial charge >= 0.3 is 0 Å². The first-order valence-electron chi connectivity index (χ1n) is 11.5. The Hall–Kier alpha value is -3.93. The molecule has 180 valence electrons. The number of ether oxygens (including phenoxy) is 1. The Morgan fingerprint density at radius 1 is 0.943 bits per heavy atom. The smallest absolute Gasteiger partial charge is 0.300 e. The standard InChI is InChI=1S/C29H28FNO4/c1-16(2)35-24-13-11-20(14-19(24)5)27(32)25-26(22-8-6-7-9-23(22)30)31(29(34)28(25)33)21-12-10-17(3)18(4)15-21/h6-16,26,32H,1-5H3/b27-25+. The number of ketones is 1. The van der Waals surface area contributed by atoms with Crippen LogP contribution in [0.15, 0.2) is 66.2 Å². The minimum Gasteiger partial charge on any atom is -0.507 e. The predicted molar refractivity (Wildman–Crippen MR) is 134 cm³/mol. The molecule has 5 nitrogen and oxygen atoms in total. The number of aryl methyl sites for hydroxylation is 3. The minimum absolute atomic E-state index is 0.0301. The van der Waals surface area contributed by atoms with Crippen LogP contribution in [-0.2, 0) is 9.59 Å². The quantitative estimate of drug-likeness (QED) is 0.274. The number of anilines is 1. The highest BCUT2D eigenvalue weighted by Crippen LogP contribution is 2.43. The first-order chi connectivity index (χ1) is 16.6. The normalized spacial score (nSPS) is 17.3. The van der Waals surface area contributed by atoms with Gasteiger partial charge in [0.15, 0.2) is 0 Å². The molecule has 0 radical (unpaired) electrons. The van der Waals surface area contributed by atoms with Crippen LogP contribution in [0, 0.1) is 26.6 Å². The summed E-state index contributed by atoms with van der Waals surface area (Å²) in [5, 5.41) is 11.3. The number of aliphatic hydroxyl groups excluding tert-OH is 1. The van der Waals surface area contributed by atoms with Crippen molar-refractivity contribution in [1.29, 1.82) is 0 Å². The lowest BCUT2D eigenvalue weighted by atomic mass is 9.94. The SMILES string of the molecule is Cc1ccc(N2C(=O)C(=O)/C(=C(/O)c3ccc(OC(C)C)c(C)c3)C2c2ccccc2F)cc1C. The molecule has 4 rings (SSSR count). The van der Waals surface area contributed by atoms with Crippen molar-refractivity contribution in [3.8, 4) is 5.75 Å². The van der Waals surface area contributed by atoms with Gasteiger partial charge in [0, 0.05) is 16.8 Å². The van der Waals surface area contributed by atoms with Gasteiger partial charge in [-0.2, -0.15) is 0 Å². The highest BCUT2D eigenvalue weighted by molar-refractivity contribution is 6.51. The number of carbonyl (C=O) groups excluding carboxylic acids is 2. The number of carbonyl (C=O) groups is 2. The highest BCUT2D eigenvalue weighted by atomic mass is 19.1. The number of hydrogen-bond acceptors (Lipinski definition) is 4. The fourth-order valence-electron chi connectivity index (χ4n) is 4.30. The molecule has 1 aliphatic heterocycles. The Morgan fingerprint density at radius 3 is 2.29 bits per heavy atom. The Balaban J connectivity index is 1.92. The lowest BCUT2D eigenvalue weighted by molar-refractivity contribution is -0.132. The number of halogens is 1. The van der Waals surface area contributed by atoms with E-state index in [-0.39, 0.29) is 23.0 Å². The fraction of sp³-hybridized carbons (Fsp3) is 0.241. The summed E-state index contributed by atoms with van der Waals surface area (Å²) in [6, 6.07) is 15.2. The first kappa shape index (κ1) is 24.2. The van der Waals surface area contributed by atoms with Crippen molar-refractivity contribution in [3.05, 3.63) is 99.9 Å². The summed E-state index contributed by atoms with van der Waals surface area (Å²) in [7, 11) is 0. The summed E-state index contributed by atoms with van der Waals surface area (Å²) >= 11 is 0. The second-order valence-corrected chi connectivity index (χ2v) is 9.11. The molecule has 0 saturated carbocycles. The van der Waals surface area contributed by atoms with E-state index in [2.05, 4.69) is 0 Å². The van der Waals surface area contributed by atoms with E-state index in [0.717, 1.165) is 16.7 Å². The lowest BCUT2D eigenvalue weighted by Crippen LogP contribution is -2.30. The molecular weight excluding hydrogens is 445 g/mol. The van der Waals surface area contributed by atoms with Crippen LogP contribution in [0.4, 0.5) is 10.1 Å². The Morgan fingerprint density at radius 2 is 1.66 bits per heavy atom. The van der Waals surface area contributed by atoms with E-state index in [4.69, 9.17) is 4.74 Å². The number of aliphatic hydroxyl groups is 1. The van der Waals surface area contributed by atoms with E-state index in [9.17, 15) is 14.7 Å². The Kier molecular flexibility index (Phi) is 6.48. The minimum atomic E-state index is -1.12. The zero-order valence-electron chi connectivity index (χ0n) is 20.4. The molecule has 3 aromatic rings. The van der Waals surface area contributed by atoms with Crippen LogP contribution in [0.1, 0.15) is 47.7 Å². The van der Waals surface area contributed by atoms with Gasteiger partial charge in [-0.1, -0.05) is 24.3 Å². The van der Waals surface area contributed by atoms with Crippen LogP contribution in [-0.4, -0.2) is 22.9 Å². The summed E-state index contributed by atoms with van der Waals surface area (Å²) in [4.78, 5) is 27.8. The van der Waals surface area contributed by atoms with E-state index in [1.165, 1.54) is 23.1 Å². The van der Waals surface area contributed by atoms with Crippen LogP contribution in [0.3, 0.4) is 0 Å². The second kappa shape index (κ2) is 9.37. The molecular formula is C29H28FNO4. The summed E-state index contributed by atoms with van der Waals surface area (Å²) in [5.41, 5.74) is 3.48. The highest BCUT2D eigenvalue weighted by Gasteiger charge is 2.47. The van der Waals surface area contributed by atoms with Gasteiger partial charge in [-0.15, -0.1) is 0 Å². The monoisotopic (exact) mass is 473 g/mol. The number of benzene rings is 3. The third-order valence-electron chi connectivity index (χ3n) is 6.22. The molecule has 1 heterocycles. The maximum Gasteiger partial charge on any atom is 0.300 e. The van der Waals surface area contributed by atoms with Crippen LogP contribution in [0.5, 0.6) is 5.75 Å². The average Bonchev–Trinajstić information content (AvgIpc) is 3.07. The number of rotatable bonds is 5. The van der Waals surface area contributed by atoms with Gasteiger partial charge < -0.3 is 9.84 Å². The topological polar surface area (TPSA) is 66.8 Å². The van der Waals surface area contributed by atoms with Crippen LogP contribution >= 0.6 is 0 Å². The van der Waals surface area contributed by atoms with Crippen molar-refractivity contribution >= 4 is 23.1 Å². The summed E-state index contributed by atoms with van der Waals surface area (Å²) in [6.07, 6.45) is -0.0301. The maximum absolute atomic E-state index is 15.0. The zero-order chi connectivity index (χ0) is 25.4. The van der Waals surface area contributed by atoms with E-state index in [1.807, 2.05) is 40.7 Å². The molecule has 35 heavy (non-hydrogen) atoms. The van der Waals surface area contributed by atoms with E-state index >= 15 is 4.39 Å². The van der Waals surface area contributed by atoms with Crippen molar-refractivity contribution in [2.24, 2.45) is 0 Å². The summed E-state index contributed by atoms with van der Waals surface area (Å²) in [6.45, 7) is 9.50. The molecule has 3 aromatic carbocycles. The molecule has 1 unspecified atom stereocenters. The van der Waals surface area contributed by atoms with Crippen molar-refractivity contribution in [3.63, 3.8) is 0 Å². The first-order valence-corrected chi connectivity index (χ1v) is 11.5. The van der Waals surface area contributed by atoms with Crippen molar-refractivity contribution in [2.45, 2.75) is 46.8 Å². The third kappa shape index (κ3) is 4.44. The summed E-state index contributed by atoms with van der Waals surface area (Å²) < 4.78 is 20.8. The lowest BCUT2D eigenvalue weighted by Gasteiger charge is -2.26. The van der Waals surface area contributed by atoms with E-state index < -0.39 is 23.5 Å². The van der Waals surface area contributed by atoms with E-state index in [0.29, 0.717) is 17.0 Å². The zero-order valence-corrected chi connectivity index (χ0v) is 20.4. The van der Waals surface area contributed by atoms with Crippen molar-refractivity contribution < 1.29 is 23.8 Å². The number of Topliss-reactive ketones (excluding diaryl/α,β-unsaturated/α-hetero) is 1. The molecule has 0 aliphatic carbocycles. The fourth-order valence-corrected chi connectivity index (χ4v) is 4.30. The van der Waals surface area contributed by atoms with Gasteiger partial charge in [0.05, 0.1) is 17.7 Å². The van der Waals surface area contributed by atoms with Gasteiger partial charge in [-0.3, -0.25) is 14.5 Å². The van der Waals surface area contributed by atoms with Gasteiger partial charge in [-0.05, 0) is 87.7 Å². The van der Waals surface area contributed by atoms with Crippen LogP contribution in [0.2, 0.25) is 0 Å². The molecule has 1 amide bonds. The molecule has 1 aliphatic rings. The molecule has 0 spiro atoms. The molecule has 6 heteroatoms. The maximum atomic E-state index is 15.0. The molecule has 1 atom stereocenters. The van der Waals surface area contributed by atoms with Gasteiger partial charge in [-0.25, -0.2) is 4.39 Å². The average molecular weight is 474 g/mol. The van der Waals surface area contributed by atoms with Crippen molar-refractivity contribution in [2.75, 3.05) is 4.90 Å². The number of hydrogen-bond donors (Lipinski definition) is 1. The largest absolute Gasteiger partial charge is 0.507 e.